The molecule has 0 spiro atoms. The molecule has 1 aromatic carbocycles. The Kier molecular flexibility index (Phi) is 3.19. The van der Waals surface area contributed by atoms with Crippen molar-refractivity contribution < 1.29 is 0 Å². The largest absolute Gasteiger partial charge is 0.300 e. The van der Waals surface area contributed by atoms with Crippen LogP contribution < -0.4 is 0 Å². The molecule has 0 unspecified atom stereocenters. The first kappa shape index (κ1) is 11.1. The van der Waals surface area contributed by atoms with Crippen LogP contribution in [0, 0.1) is 4.77 Å². The quantitative estimate of drug-likeness (QED) is 0.826. The van der Waals surface area contributed by atoms with Crippen LogP contribution in [-0.4, -0.2) is 14.8 Å². The molecule has 1 heterocycles. The molecule has 0 aliphatic carbocycles. The Bertz CT molecular complexity index is 539. The summed E-state index contributed by atoms with van der Waals surface area (Å²) in [5, 5.41) is 7.16. The Morgan fingerprint density at radius 3 is 2.75 bits per heavy atom. The van der Waals surface area contributed by atoms with E-state index in [-0.39, 0.29) is 0 Å². The standard InChI is InChI=1S/C12H15N3S/c1-3-9-7-5-6-8-10(9)11-13-14-12(16)15(11)4-2/h5-8H,3-4H2,1-2H3,(H,14,16). The molecule has 0 aliphatic rings. The van der Waals surface area contributed by atoms with Gasteiger partial charge in [0.15, 0.2) is 10.6 Å². The molecule has 0 amide bonds. The number of H-pyrrole nitrogens is 1. The van der Waals surface area contributed by atoms with Crippen molar-refractivity contribution in [1.29, 1.82) is 0 Å². The maximum absolute atomic E-state index is 5.20. The SMILES string of the molecule is CCc1ccccc1-c1n[nH]c(=S)n1CC. The minimum absolute atomic E-state index is 0.684. The van der Waals surface area contributed by atoms with Gasteiger partial charge in [-0.1, -0.05) is 31.2 Å². The second-order valence-corrected chi connectivity index (χ2v) is 3.99. The van der Waals surface area contributed by atoms with E-state index in [1.807, 2.05) is 10.6 Å². The van der Waals surface area contributed by atoms with Gasteiger partial charge in [0, 0.05) is 12.1 Å². The van der Waals surface area contributed by atoms with Gasteiger partial charge in [-0.2, -0.15) is 5.10 Å². The average molecular weight is 233 g/mol. The highest BCUT2D eigenvalue weighted by molar-refractivity contribution is 7.71. The normalized spacial score (nSPS) is 10.6. The van der Waals surface area contributed by atoms with Crippen LogP contribution in [0.4, 0.5) is 0 Å². The summed E-state index contributed by atoms with van der Waals surface area (Å²) < 4.78 is 2.70. The van der Waals surface area contributed by atoms with Crippen LogP contribution in [-0.2, 0) is 13.0 Å². The minimum Gasteiger partial charge on any atom is -0.300 e. The second-order valence-electron chi connectivity index (χ2n) is 3.61. The van der Waals surface area contributed by atoms with Crippen LogP contribution >= 0.6 is 12.2 Å². The highest BCUT2D eigenvalue weighted by Crippen LogP contribution is 2.22. The molecular formula is C12H15N3S. The third-order valence-corrected chi connectivity index (χ3v) is 3.03. The van der Waals surface area contributed by atoms with E-state index >= 15 is 0 Å². The van der Waals surface area contributed by atoms with Crippen molar-refractivity contribution >= 4 is 12.2 Å². The zero-order valence-electron chi connectivity index (χ0n) is 9.53. The number of hydrogen-bond acceptors (Lipinski definition) is 2. The molecule has 0 aliphatic heterocycles. The summed E-state index contributed by atoms with van der Waals surface area (Å²) in [5.74, 6) is 0.935. The number of aromatic nitrogens is 3. The molecule has 0 atom stereocenters. The van der Waals surface area contributed by atoms with Crippen LogP contribution in [0.2, 0.25) is 0 Å². The van der Waals surface area contributed by atoms with Gasteiger partial charge in [0.2, 0.25) is 0 Å². The summed E-state index contributed by atoms with van der Waals surface area (Å²) in [5.41, 5.74) is 2.46. The number of nitrogens with zero attached hydrogens (tertiary/aromatic N) is 2. The molecular weight excluding hydrogens is 218 g/mol. The number of benzene rings is 1. The van der Waals surface area contributed by atoms with E-state index in [2.05, 4.69) is 42.2 Å². The number of nitrogens with one attached hydrogen (secondary N) is 1. The van der Waals surface area contributed by atoms with Crippen LogP contribution in [0.15, 0.2) is 24.3 Å². The van der Waals surface area contributed by atoms with Crippen molar-refractivity contribution in [2.45, 2.75) is 26.8 Å². The molecule has 2 aromatic rings. The summed E-state index contributed by atoms with van der Waals surface area (Å²) >= 11 is 5.20. The van der Waals surface area contributed by atoms with Gasteiger partial charge in [0.25, 0.3) is 0 Å². The summed E-state index contributed by atoms with van der Waals surface area (Å²) in [4.78, 5) is 0. The fourth-order valence-electron chi connectivity index (χ4n) is 1.86. The maximum Gasteiger partial charge on any atom is 0.195 e. The molecule has 0 fully saturated rings. The summed E-state index contributed by atoms with van der Waals surface area (Å²) in [6.07, 6.45) is 1.000. The first-order valence-corrected chi connectivity index (χ1v) is 5.92. The molecule has 16 heavy (non-hydrogen) atoms. The third kappa shape index (κ3) is 1.80. The number of hydrogen-bond donors (Lipinski definition) is 1. The third-order valence-electron chi connectivity index (χ3n) is 2.71. The predicted molar refractivity (Wildman–Crippen MR) is 67.9 cm³/mol. The van der Waals surface area contributed by atoms with Crippen molar-refractivity contribution in [1.82, 2.24) is 14.8 Å². The Balaban J connectivity index is 2.62. The number of rotatable bonds is 3. The molecule has 1 aromatic heterocycles. The van der Waals surface area contributed by atoms with Gasteiger partial charge in [0.05, 0.1) is 0 Å². The lowest BCUT2D eigenvalue weighted by molar-refractivity contribution is 0.755. The second kappa shape index (κ2) is 4.61. The van der Waals surface area contributed by atoms with E-state index in [9.17, 15) is 0 Å². The van der Waals surface area contributed by atoms with Crippen LogP contribution in [0.25, 0.3) is 11.4 Å². The van der Waals surface area contributed by atoms with Crippen molar-refractivity contribution in [3.8, 4) is 11.4 Å². The van der Waals surface area contributed by atoms with Crippen molar-refractivity contribution in [3.63, 3.8) is 0 Å². The van der Waals surface area contributed by atoms with Crippen LogP contribution in [0.5, 0.6) is 0 Å². The van der Waals surface area contributed by atoms with Gasteiger partial charge in [-0.3, -0.25) is 5.10 Å². The minimum atomic E-state index is 0.684. The van der Waals surface area contributed by atoms with Gasteiger partial charge in [-0.15, -0.1) is 0 Å². The average Bonchev–Trinajstić information content (AvgIpc) is 2.70. The first-order valence-electron chi connectivity index (χ1n) is 5.51. The van der Waals surface area contributed by atoms with Gasteiger partial charge >= 0.3 is 0 Å². The zero-order chi connectivity index (χ0) is 11.5. The van der Waals surface area contributed by atoms with Gasteiger partial charge in [-0.05, 0) is 31.1 Å². The molecule has 4 heteroatoms. The zero-order valence-corrected chi connectivity index (χ0v) is 10.3. The van der Waals surface area contributed by atoms with E-state index in [1.165, 1.54) is 11.1 Å². The summed E-state index contributed by atoms with van der Waals surface area (Å²) in [7, 11) is 0. The molecule has 0 saturated heterocycles. The fourth-order valence-corrected chi connectivity index (χ4v) is 2.12. The van der Waals surface area contributed by atoms with Crippen LogP contribution in [0.3, 0.4) is 0 Å². The van der Waals surface area contributed by atoms with E-state index in [0.29, 0.717) is 4.77 Å². The van der Waals surface area contributed by atoms with E-state index in [4.69, 9.17) is 12.2 Å². The molecule has 3 nitrogen and oxygen atoms in total. The topological polar surface area (TPSA) is 33.6 Å². The van der Waals surface area contributed by atoms with Crippen molar-refractivity contribution in [3.05, 3.63) is 34.6 Å². The first-order chi connectivity index (χ1) is 7.77. The molecule has 1 N–H and O–H groups in total. The number of aromatic amines is 1. The van der Waals surface area contributed by atoms with Crippen LogP contribution in [0.1, 0.15) is 19.4 Å². The molecule has 0 radical (unpaired) electrons. The lowest BCUT2D eigenvalue weighted by Crippen LogP contribution is -1.99. The van der Waals surface area contributed by atoms with E-state index in [0.717, 1.165) is 18.8 Å². The summed E-state index contributed by atoms with van der Waals surface area (Å²) in [6, 6.07) is 8.31. The van der Waals surface area contributed by atoms with E-state index < -0.39 is 0 Å². The van der Waals surface area contributed by atoms with Gasteiger partial charge in [0.1, 0.15) is 0 Å². The van der Waals surface area contributed by atoms with Gasteiger partial charge in [-0.25, -0.2) is 0 Å². The van der Waals surface area contributed by atoms with Gasteiger partial charge < -0.3 is 4.57 Å². The summed E-state index contributed by atoms with van der Waals surface area (Å²) in [6.45, 7) is 5.06. The maximum atomic E-state index is 5.20. The predicted octanol–water partition coefficient (Wildman–Crippen LogP) is 3.19. The van der Waals surface area contributed by atoms with Crippen molar-refractivity contribution in [2.24, 2.45) is 0 Å². The molecule has 0 bridgehead atoms. The van der Waals surface area contributed by atoms with E-state index in [1.54, 1.807) is 0 Å². The molecule has 0 saturated carbocycles. The molecule has 84 valence electrons. The fraction of sp³-hybridized carbons (Fsp3) is 0.333. The Morgan fingerprint density at radius 1 is 1.31 bits per heavy atom. The Labute approximate surface area is 100 Å². The van der Waals surface area contributed by atoms with Crippen molar-refractivity contribution in [2.75, 3.05) is 0 Å². The molecule has 2 rings (SSSR count). The Morgan fingerprint density at radius 2 is 2.06 bits per heavy atom. The Hall–Kier alpha value is -1.42. The smallest absolute Gasteiger partial charge is 0.195 e. The number of aryl methyl sites for hydroxylation is 1. The lowest BCUT2D eigenvalue weighted by Gasteiger charge is -2.07. The lowest BCUT2D eigenvalue weighted by atomic mass is 10.0. The highest BCUT2D eigenvalue weighted by Gasteiger charge is 2.10. The monoisotopic (exact) mass is 233 g/mol. The highest BCUT2D eigenvalue weighted by atomic mass is 32.1.